The number of Topliss-reactive ketones (excluding diaryl/α,β-unsaturated/α-hetero) is 1. The fourth-order valence-corrected chi connectivity index (χ4v) is 3.49. The highest BCUT2D eigenvalue weighted by Crippen LogP contribution is 2.64. The van der Waals surface area contributed by atoms with Crippen molar-refractivity contribution in [2.45, 2.75) is 39.3 Å². The van der Waals surface area contributed by atoms with Crippen molar-refractivity contribution in [3.63, 3.8) is 0 Å². The first kappa shape index (κ1) is 9.16. The first-order chi connectivity index (χ1) is 5.93. The molecule has 0 radical (unpaired) electrons. The molecule has 13 heavy (non-hydrogen) atoms. The third-order valence-electron chi connectivity index (χ3n) is 4.56. The Morgan fingerprint density at radius 3 is 2.31 bits per heavy atom. The molecule has 74 valence electrons. The average Bonchev–Trinajstić information content (AvgIpc) is 2.35. The van der Waals surface area contributed by atoms with Crippen LogP contribution in [0.2, 0.25) is 0 Å². The van der Waals surface area contributed by atoms with E-state index in [9.17, 15) is 4.79 Å². The van der Waals surface area contributed by atoms with Crippen molar-refractivity contribution in [1.82, 2.24) is 0 Å². The van der Waals surface area contributed by atoms with Gasteiger partial charge >= 0.3 is 0 Å². The molecule has 0 aromatic rings. The first-order valence-electron chi connectivity index (χ1n) is 4.97. The second kappa shape index (κ2) is 2.34. The molecule has 3 nitrogen and oxygen atoms in total. The second-order valence-corrected chi connectivity index (χ2v) is 5.08. The van der Waals surface area contributed by atoms with Gasteiger partial charge in [-0.1, -0.05) is 13.8 Å². The zero-order chi connectivity index (χ0) is 9.85. The van der Waals surface area contributed by atoms with Gasteiger partial charge in [0.15, 0.2) is 0 Å². The zero-order valence-electron chi connectivity index (χ0n) is 8.34. The van der Waals surface area contributed by atoms with Crippen LogP contribution in [0.4, 0.5) is 0 Å². The molecular weight excluding hydrogens is 164 g/mol. The Morgan fingerprint density at radius 1 is 1.46 bits per heavy atom. The standard InChI is InChI=1S/C10H18N2O/c1-9(2)6-3-4-10(9,8(11)12)7(13)5-6/h6,8H,3-5,11-12H2,1-2H3. The molecule has 0 aromatic carbocycles. The summed E-state index contributed by atoms with van der Waals surface area (Å²) in [4.78, 5) is 11.9. The Hall–Kier alpha value is -0.410. The van der Waals surface area contributed by atoms with Gasteiger partial charge in [-0.25, -0.2) is 0 Å². The molecule has 2 bridgehead atoms. The summed E-state index contributed by atoms with van der Waals surface area (Å²) in [6.07, 6.45) is 2.21. The number of rotatable bonds is 1. The van der Waals surface area contributed by atoms with Crippen LogP contribution in [-0.2, 0) is 4.79 Å². The maximum absolute atomic E-state index is 11.9. The van der Waals surface area contributed by atoms with Gasteiger partial charge in [0.1, 0.15) is 5.78 Å². The molecule has 2 unspecified atom stereocenters. The Balaban J connectivity index is 2.49. The van der Waals surface area contributed by atoms with E-state index in [1.807, 2.05) is 0 Å². The average molecular weight is 182 g/mol. The van der Waals surface area contributed by atoms with Crippen molar-refractivity contribution in [2.75, 3.05) is 0 Å². The summed E-state index contributed by atoms with van der Waals surface area (Å²) in [5.41, 5.74) is 11.2. The van der Waals surface area contributed by atoms with Crippen molar-refractivity contribution in [3.8, 4) is 0 Å². The number of nitrogens with two attached hydrogens (primary N) is 2. The summed E-state index contributed by atoms with van der Waals surface area (Å²) < 4.78 is 0. The van der Waals surface area contributed by atoms with Crippen LogP contribution >= 0.6 is 0 Å². The van der Waals surface area contributed by atoms with Crippen LogP contribution in [0.5, 0.6) is 0 Å². The van der Waals surface area contributed by atoms with Crippen LogP contribution in [-0.4, -0.2) is 11.9 Å². The lowest BCUT2D eigenvalue weighted by atomic mass is 9.67. The quantitative estimate of drug-likeness (QED) is 0.584. The smallest absolute Gasteiger partial charge is 0.142 e. The van der Waals surface area contributed by atoms with E-state index in [2.05, 4.69) is 13.8 Å². The molecule has 0 amide bonds. The van der Waals surface area contributed by atoms with Gasteiger partial charge in [0.25, 0.3) is 0 Å². The molecule has 2 atom stereocenters. The minimum Gasteiger partial charge on any atom is -0.315 e. The van der Waals surface area contributed by atoms with Gasteiger partial charge in [-0.15, -0.1) is 0 Å². The van der Waals surface area contributed by atoms with Crippen molar-refractivity contribution in [1.29, 1.82) is 0 Å². The predicted octanol–water partition coefficient (Wildman–Crippen LogP) is 0.625. The fraction of sp³-hybridized carbons (Fsp3) is 0.900. The summed E-state index contributed by atoms with van der Waals surface area (Å²) in [6, 6.07) is 0. The number of hydrogen-bond acceptors (Lipinski definition) is 3. The monoisotopic (exact) mass is 182 g/mol. The minimum atomic E-state index is -0.484. The maximum atomic E-state index is 11.9. The van der Waals surface area contributed by atoms with Crippen molar-refractivity contribution in [2.24, 2.45) is 28.2 Å². The van der Waals surface area contributed by atoms with Gasteiger partial charge in [0, 0.05) is 6.42 Å². The highest BCUT2D eigenvalue weighted by Gasteiger charge is 2.65. The van der Waals surface area contributed by atoms with Crippen LogP contribution in [0.1, 0.15) is 33.1 Å². The van der Waals surface area contributed by atoms with Gasteiger partial charge < -0.3 is 11.5 Å². The lowest BCUT2D eigenvalue weighted by Gasteiger charge is -2.39. The molecule has 0 aliphatic heterocycles. The Kier molecular flexibility index (Phi) is 1.65. The van der Waals surface area contributed by atoms with Crippen LogP contribution in [0.15, 0.2) is 0 Å². The van der Waals surface area contributed by atoms with E-state index < -0.39 is 11.6 Å². The van der Waals surface area contributed by atoms with Crippen molar-refractivity contribution in [3.05, 3.63) is 0 Å². The molecule has 0 heterocycles. The maximum Gasteiger partial charge on any atom is 0.142 e. The molecule has 2 aliphatic rings. The van der Waals surface area contributed by atoms with E-state index >= 15 is 0 Å². The van der Waals surface area contributed by atoms with Crippen molar-refractivity contribution < 1.29 is 4.79 Å². The topological polar surface area (TPSA) is 69.1 Å². The van der Waals surface area contributed by atoms with E-state index in [0.29, 0.717) is 18.1 Å². The molecule has 0 aromatic heterocycles. The molecule has 2 rings (SSSR count). The van der Waals surface area contributed by atoms with Gasteiger partial charge in [-0.3, -0.25) is 4.79 Å². The van der Waals surface area contributed by atoms with Crippen LogP contribution < -0.4 is 11.5 Å². The second-order valence-electron chi connectivity index (χ2n) is 5.08. The van der Waals surface area contributed by atoms with Gasteiger partial charge in [-0.2, -0.15) is 0 Å². The van der Waals surface area contributed by atoms with E-state index in [4.69, 9.17) is 11.5 Å². The highest BCUT2D eigenvalue weighted by molar-refractivity contribution is 5.90. The lowest BCUT2D eigenvalue weighted by molar-refractivity contribution is -0.130. The van der Waals surface area contributed by atoms with Crippen LogP contribution in [0, 0.1) is 16.7 Å². The molecule has 3 heteroatoms. The summed E-state index contributed by atoms with van der Waals surface area (Å²) in [7, 11) is 0. The number of carbonyl (C=O) groups is 1. The number of carbonyl (C=O) groups excluding carboxylic acids is 1. The van der Waals surface area contributed by atoms with E-state index in [1.54, 1.807) is 0 Å². The zero-order valence-corrected chi connectivity index (χ0v) is 8.34. The third-order valence-corrected chi connectivity index (χ3v) is 4.56. The lowest BCUT2D eigenvalue weighted by Crippen LogP contribution is -2.55. The predicted molar refractivity (Wildman–Crippen MR) is 50.7 cm³/mol. The van der Waals surface area contributed by atoms with E-state index in [-0.39, 0.29) is 5.41 Å². The first-order valence-corrected chi connectivity index (χ1v) is 4.97. The normalized spacial score (nSPS) is 41.9. The third kappa shape index (κ3) is 0.796. The molecule has 2 saturated carbocycles. The molecule has 0 saturated heterocycles. The van der Waals surface area contributed by atoms with E-state index in [0.717, 1.165) is 12.8 Å². The Bertz CT molecular complexity index is 260. The minimum absolute atomic E-state index is 0.0122. The van der Waals surface area contributed by atoms with E-state index in [1.165, 1.54) is 0 Å². The summed E-state index contributed by atoms with van der Waals surface area (Å²) in [5, 5.41) is 0. The van der Waals surface area contributed by atoms with Crippen LogP contribution in [0.3, 0.4) is 0 Å². The largest absolute Gasteiger partial charge is 0.315 e. The summed E-state index contributed by atoms with van der Waals surface area (Å²) in [6.45, 7) is 4.28. The van der Waals surface area contributed by atoms with Gasteiger partial charge in [0.2, 0.25) is 0 Å². The Labute approximate surface area is 78.9 Å². The SMILES string of the molecule is CC1(C)C2CCC1(C(N)N)C(=O)C2. The van der Waals surface area contributed by atoms with Crippen molar-refractivity contribution >= 4 is 5.78 Å². The van der Waals surface area contributed by atoms with Gasteiger partial charge in [0.05, 0.1) is 11.6 Å². The van der Waals surface area contributed by atoms with Gasteiger partial charge in [-0.05, 0) is 24.2 Å². The number of fused-ring (bicyclic) bond motifs is 2. The summed E-state index contributed by atoms with van der Waals surface area (Å²) in [5.74, 6) is 0.804. The molecular formula is C10H18N2O. The highest BCUT2D eigenvalue weighted by atomic mass is 16.1. The fourth-order valence-electron chi connectivity index (χ4n) is 3.49. The summed E-state index contributed by atoms with van der Waals surface area (Å²) >= 11 is 0. The molecule has 2 aliphatic carbocycles. The molecule has 0 spiro atoms. The molecule has 2 fully saturated rings. The molecule has 4 N–H and O–H groups in total. The number of hydrogen-bond donors (Lipinski definition) is 2. The van der Waals surface area contributed by atoms with Crippen LogP contribution in [0.25, 0.3) is 0 Å². The number of ketones is 1. The Morgan fingerprint density at radius 2 is 2.08 bits per heavy atom.